The fourth-order valence-electron chi connectivity index (χ4n) is 3.66. The summed E-state index contributed by atoms with van der Waals surface area (Å²) in [5.41, 5.74) is 0. The highest BCUT2D eigenvalue weighted by Crippen LogP contribution is 2.12. The third kappa shape index (κ3) is 21.6. The van der Waals surface area contributed by atoms with E-state index in [1.165, 1.54) is 89.9 Å². The largest absolute Gasteiger partial charge is 0.465 e. The van der Waals surface area contributed by atoms with E-state index < -0.39 is 11.9 Å². The SMILES string of the molecule is CCCCCCCCCCCCCOC(=O)CC(=O)OC(C)CCCCCCCC. The van der Waals surface area contributed by atoms with Crippen LogP contribution in [0.25, 0.3) is 0 Å². The van der Waals surface area contributed by atoms with Gasteiger partial charge in [-0.2, -0.15) is 0 Å². The molecule has 0 aromatic rings. The van der Waals surface area contributed by atoms with Crippen LogP contribution in [0.4, 0.5) is 0 Å². The zero-order valence-corrected chi connectivity index (χ0v) is 20.4. The van der Waals surface area contributed by atoms with Gasteiger partial charge in [0.05, 0.1) is 12.7 Å². The molecule has 0 saturated heterocycles. The lowest BCUT2D eigenvalue weighted by atomic mass is 10.1. The zero-order valence-electron chi connectivity index (χ0n) is 20.4. The second-order valence-corrected chi connectivity index (χ2v) is 8.79. The number of esters is 2. The average Bonchev–Trinajstić information content (AvgIpc) is 2.71. The van der Waals surface area contributed by atoms with Crippen molar-refractivity contribution in [1.82, 2.24) is 0 Å². The molecule has 0 aliphatic rings. The van der Waals surface area contributed by atoms with Gasteiger partial charge in [0.15, 0.2) is 0 Å². The van der Waals surface area contributed by atoms with Gasteiger partial charge in [-0.1, -0.05) is 110 Å². The molecule has 30 heavy (non-hydrogen) atoms. The minimum atomic E-state index is -0.461. The van der Waals surface area contributed by atoms with Gasteiger partial charge in [-0.15, -0.1) is 0 Å². The first-order valence-corrected chi connectivity index (χ1v) is 12.9. The lowest BCUT2D eigenvalue weighted by molar-refractivity contribution is -0.157. The van der Waals surface area contributed by atoms with Crippen LogP contribution in [-0.2, 0) is 19.1 Å². The molecule has 4 nitrogen and oxygen atoms in total. The normalized spacial score (nSPS) is 12.0. The number of rotatable bonds is 22. The highest BCUT2D eigenvalue weighted by Gasteiger charge is 2.15. The van der Waals surface area contributed by atoms with Crippen molar-refractivity contribution in [1.29, 1.82) is 0 Å². The van der Waals surface area contributed by atoms with Crippen LogP contribution in [0.1, 0.15) is 143 Å². The molecule has 0 aromatic carbocycles. The molecule has 0 radical (unpaired) electrons. The number of carbonyl (C=O) groups excluding carboxylic acids is 2. The Morgan fingerprint density at radius 3 is 1.53 bits per heavy atom. The van der Waals surface area contributed by atoms with E-state index in [2.05, 4.69) is 13.8 Å². The number of ether oxygens (including phenoxy) is 2. The maximum absolute atomic E-state index is 11.8. The third-order valence-electron chi connectivity index (χ3n) is 5.60. The standard InChI is InChI=1S/C26H50O4/c1-4-6-8-10-12-13-14-15-16-18-20-22-29-25(27)23-26(28)30-24(3)21-19-17-11-9-7-5-2/h24H,4-23H2,1-3H3. The van der Waals surface area contributed by atoms with Crippen molar-refractivity contribution in [2.75, 3.05) is 6.61 Å². The molecule has 0 N–H and O–H groups in total. The molecular weight excluding hydrogens is 376 g/mol. The first-order valence-electron chi connectivity index (χ1n) is 12.9. The molecule has 0 aromatic heterocycles. The van der Waals surface area contributed by atoms with Crippen LogP contribution < -0.4 is 0 Å². The molecule has 0 saturated carbocycles. The molecule has 0 rings (SSSR count). The molecule has 0 bridgehead atoms. The maximum Gasteiger partial charge on any atom is 0.317 e. The molecule has 1 unspecified atom stereocenters. The fraction of sp³-hybridized carbons (Fsp3) is 0.923. The third-order valence-corrected chi connectivity index (χ3v) is 5.60. The molecule has 0 amide bonds. The Morgan fingerprint density at radius 1 is 0.600 bits per heavy atom. The van der Waals surface area contributed by atoms with Crippen molar-refractivity contribution in [3.05, 3.63) is 0 Å². The highest BCUT2D eigenvalue weighted by molar-refractivity contribution is 5.91. The predicted octanol–water partition coefficient (Wildman–Crippen LogP) is 7.91. The first-order chi connectivity index (χ1) is 14.6. The molecule has 178 valence electrons. The fourth-order valence-corrected chi connectivity index (χ4v) is 3.66. The van der Waals surface area contributed by atoms with Gasteiger partial charge in [0.25, 0.3) is 0 Å². The van der Waals surface area contributed by atoms with E-state index in [-0.39, 0.29) is 12.5 Å². The molecule has 0 spiro atoms. The smallest absolute Gasteiger partial charge is 0.317 e. The topological polar surface area (TPSA) is 52.6 Å². The van der Waals surface area contributed by atoms with Crippen LogP contribution in [-0.4, -0.2) is 24.6 Å². The van der Waals surface area contributed by atoms with Crippen LogP contribution in [0.15, 0.2) is 0 Å². The number of hydrogen-bond donors (Lipinski definition) is 0. The zero-order chi connectivity index (χ0) is 22.3. The summed E-state index contributed by atoms with van der Waals surface area (Å²) in [6.45, 7) is 6.78. The van der Waals surface area contributed by atoms with Crippen LogP contribution in [0.5, 0.6) is 0 Å². The van der Waals surface area contributed by atoms with Gasteiger partial charge in [-0.05, 0) is 26.2 Å². The van der Waals surface area contributed by atoms with Crippen molar-refractivity contribution in [2.24, 2.45) is 0 Å². The van der Waals surface area contributed by atoms with Crippen LogP contribution in [0.2, 0.25) is 0 Å². The molecule has 4 heteroatoms. The predicted molar refractivity (Wildman–Crippen MR) is 126 cm³/mol. The second kappa shape index (κ2) is 22.6. The first kappa shape index (κ1) is 28.9. The molecular formula is C26H50O4. The van der Waals surface area contributed by atoms with Crippen LogP contribution >= 0.6 is 0 Å². The Labute approximate surface area is 186 Å². The van der Waals surface area contributed by atoms with E-state index in [1.54, 1.807) is 0 Å². The van der Waals surface area contributed by atoms with Gasteiger partial charge in [-0.3, -0.25) is 9.59 Å². The summed E-state index contributed by atoms with van der Waals surface area (Å²) in [6.07, 6.45) is 21.7. The Balaban J connectivity index is 3.45. The van der Waals surface area contributed by atoms with E-state index in [4.69, 9.17) is 9.47 Å². The quantitative estimate of drug-likeness (QED) is 0.100. The molecule has 0 aliphatic carbocycles. The lowest BCUT2D eigenvalue weighted by Gasteiger charge is -2.13. The van der Waals surface area contributed by atoms with Gasteiger partial charge in [-0.25, -0.2) is 0 Å². The lowest BCUT2D eigenvalue weighted by Crippen LogP contribution is -2.19. The van der Waals surface area contributed by atoms with Gasteiger partial charge < -0.3 is 9.47 Å². The number of hydrogen-bond acceptors (Lipinski definition) is 4. The van der Waals surface area contributed by atoms with Crippen molar-refractivity contribution in [2.45, 2.75) is 149 Å². The highest BCUT2D eigenvalue weighted by atomic mass is 16.6. The van der Waals surface area contributed by atoms with Gasteiger partial charge in [0.2, 0.25) is 0 Å². The van der Waals surface area contributed by atoms with Crippen LogP contribution in [0.3, 0.4) is 0 Å². The van der Waals surface area contributed by atoms with Gasteiger partial charge >= 0.3 is 11.9 Å². The Morgan fingerprint density at radius 2 is 1.03 bits per heavy atom. The van der Waals surface area contributed by atoms with E-state index in [0.29, 0.717) is 6.61 Å². The summed E-state index contributed by atoms with van der Waals surface area (Å²) >= 11 is 0. The number of carbonyl (C=O) groups is 2. The minimum absolute atomic E-state index is 0.122. The molecule has 0 aliphatic heterocycles. The maximum atomic E-state index is 11.8. The van der Waals surface area contributed by atoms with Crippen molar-refractivity contribution in [3.8, 4) is 0 Å². The van der Waals surface area contributed by atoms with E-state index >= 15 is 0 Å². The molecule has 0 fully saturated rings. The average molecular weight is 427 g/mol. The van der Waals surface area contributed by atoms with Gasteiger partial charge in [0.1, 0.15) is 6.42 Å². The van der Waals surface area contributed by atoms with Gasteiger partial charge in [0, 0.05) is 0 Å². The summed E-state index contributed by atoms with van der Waals surface area (Å²) < 4.78 is 10.5. The summed E-state index contributed by atoms with van der Waals surface area (Å²) in [7, 11) is 0. The van der Waals surface area contributed by atoms with Crippen molar-refractivity contribution < 1.29 is 19.1 Å². The minimum Gasteiger partial charge on any atom is -0.465 e. The summed E-state index contributed by atoms with van der Waals surface area (Å²) in [5.74, 6) is -0.920. The monoisotopic (exact) mass is 426 g/mol. The van der Waals surface area contributed by atoms with Crippen molar-refractivity contribution in [3.63, 3.8) is 0 Å². The number of unbranched alkanes of at least 4 members (excludes halogenated alkanes) is 15. The second-order valence-electron chi connectivity index (χ2n) is 8.79. The molecule has 1 atom stereocenters. The summed E-state index contributed by atoms with van der Waals surface area (Å²) in [4.78, 5) is 23.6. The summed E-state index contributed by atoms with van der Waals surface area (Å²) in [6, 6.07) is 0. The van der Waals surface area contributed by atoms with Crippen molar-refractivity contribution >= 4 is 11.9 Å². The summed E-state index contributed by atoms with van der Waals surface area (Å²) in [5, 5.41) is 0. The van der Waals surface area contributed by atoms with E-state index in [0.717, 1.165) is 25.7 Å². The Bertz CT molecular complexity index is 394. The Hall–Kier alpha value is -1.06. The molecule has 0 heterocycles. The van der Waals surface area contributed by atoms with Crippen LogP contribution in [0, 0.1) is 0 Å². The Kier molecular flexibility index (Phi) is 21.8. The van der Waals surface area contributed by atoms with E-state index in [1.807, 2.05) is 6.92 Å². The van der Waals surface area contributed by atoms with E-state index in [9.17, 15) is 9.59 Å².